The van der Waals surface area contributed by atoms with Crippen molar-refractivity contribution in [3.8, 4) is 11.5 Å². The average Bonchev–Trinajstić information content (AvgIpc) is 2.66. The summed E-state index contributed by atoms with van der Waals surface area (Å²) < 4.78 is 5.94. The van der Waals surface area contributed by atoms with Crippen molar-refractivity contribution in [2.24, 2.45) is 5.10 Å². The van der Waals surface area contributed by atoms with Crippen molar-refractivity contribution in [2.45, 2.75) is 13.8 Å². The molecule has 0 aliphatic heterocycles. The van der Waals surface area contributed by atoms with Gasteiger partial charge in [0, 0.05) is 0 Å². The summed E-state index contributed by atoms with van der Waals surface area (Å²) in [5, 5.41) is 13.0. The fraction of sp³-hybridized carbons (Fsp3) is 0.0909. The molecular formula is C22H20N2O3. The van der Waals surface area contributed by atoms with Crippen LogP contribution in [-0.4, -0.2) is 17.3 Å². The summed E-state index contributed by atoms with van der Waals surface area (Å²) in [5.41, 5.74) is 6.98. The number of aromatic carboxylic acids is 1. The van der Waals surface area contributed by atoms with Gasteiger partial charge in [-0.3, -0.25) is 5.43 Å². The van der Waals surface area contributed by atoms with Gasteiger partial charge in [0.05, 0.1) is 17.5 Å². The van der Waals surface area contributed by atoms with E-state index in [4.69, 9.17) is 9.84 Å². The highest BCUT2D eigenvalue weighted by molar-refractivity contribution is 5.88. The second-order valence-electron chi connectivity index (χ2n) is 6.19. The fourth-order valence-electron chi connectivity index (χ4n) is 2.43. The predicted octanol–water partition coefficient (Wildman–Crippen LogP) is 5.24. The summed E-state index contributed by atoms with van der Waals surface area (Å²) in [4.78, 5) is 10.8. The van der Waals surface area contributed by atoms with Gasteiger partial charge in [-0.2, -0.15) is 5.10 Å². The molecule has 0 aliphatic rings. The number of nitrogens with one attached hydrogen (secondary N) is 1. The van der Waals surface area contributed by atoms with E-state index in [-0.39, 0.29) is 5.56 Å². The largest absolute Gasteiger partial charge is 0.478 e. The summed E-state index contributed by atoms with van der Waals surface area (Å²) in [7, 11) is 0. The Hall–Kier alpha value is -3.60. The monoisotopic (exact) mass is 360 g/mol. The maximum Gasteiger partial charge on any atom is 0.335 e. The minimum absolute atomic E-state index is 0.240. The zero-order valence-electron chi connectivity index (χ0n) is 15.1. The Morgan fingerprint density at radius 3 is 2.37 bits per heavy atom. The Morgan fingerprint density at radius 2 is 1.70 bits per heavy atom. The molecule has 0 spiro atoms. The van der Waals surface area contributed by atoms with Crippen molar-refractivity contribution >= 4 is 17.9 Å². The first-order valence-corrected chi connectivity index (χ1v) is 8.49. The van der Waals surface area contributed by atoms with Crippen LogP contribution in [-0.2, 0) is 0 Å². The van der Waals surface area contributed by atoms with Crippen LogP contribution in [0.4, 0.5) is 5.69 Å². The molecule has 0 amide bonds. The van der Waals surface area contributed by atoms with E-state index >= 15 is 0 Å². The van der Waals surface area contributed by atoms with Gasteiger partial charge in [-0.1, -0.05) is 12.1 Å². The number of aryl methyl sites for hydroxylation is 2. The van der Waals surface area contributed by atoms with Crippen molar-refractivity contribution in [3.05, 3.63) is 89.0 Å². The molecule has 27 heavy (non-hydrogen) atoms. The number of ether oxygens (including phenoxy) is 1. The Labute approximate surface area is 157 Å². The van der Waals surface area contributed by atoms with Gasteiger partial charge in [-0.05, 0) is 85.1 Å². The number of hydrogen-bond donors (Lipinski definition) is 2. The lowest BCUT2D eigenvalue weighted by Gasteiger charge is -2.09. The number of rotatable bonds is 6. The molecule has 0 atom stereocenters. The summed E-state index contributed by atoms with van der Waals surface area (Å²) in [6.45, 7) is 4.05. The Kier molecular flexibility index (Phi) is 5.52. The van der Waals surface area contributed by atoms with Crippen molar-refractivity contribution in [3.63, 3.8) is 0 Å². The van der Waals surface area contributed by atoms with E-state index in [1.165, 1.54) is 12.1 Å². The van der Waals surface area contributed by atoms with Gasteiger partial charge in [0.15, 0.2) is 0 Å². The molecule has 0 aliphatic carbocycles. The lowest BCUT2D eigenvalue weighted by molar-refractivity contribution is 0.0697. The smallest absolute Gasteiger partial charge is 0.335 e. The zero-order chi connectivity index (χ0) is 19.2. The van der Waals surface area contributed by atoms with Gasteiger partial charge in [0.25, 0.3) is 0 Å². The zero-order valence-corrected chi connectivity index (χ0v) is 15.1. The van der Waals surface area contributed by atoms with Crippen LogP contribution >= 0.6 is 0 Å². The molecule has 0 heterocycles. The first-order chi connectivity index (χ1) is 13.0. The SMILES string of the molecule is Cc1ccc(C)c(Oc2ccc(C=NNc3ccc(C(=O)O)cc3)cc2)c1. The molecule has 5 heteroatoms. The van der Waals surface area contributed by atoms with Gasteiger partial charge in [0.2, 0.25) is 0 Å². The minimum Gasteiger partial charge on any atom is -0.478 e. The van der Waals surface area contributed by atoms with Crippen molar-refractivity contribution in [1.82, 2.24) is 0 Å². The highest BCUT2D eigenvalue weighted by Gasteiger charge is 2.02. The van der Waals surface area contributed by atoms with Crippen molar-refractivity contribution in [1.29, 1.82) is 0 Å². The standard InChI is InChI=1S/C22H20N2O3/c1-15-3-4-16(2)21(13-15)27-20-11-5-17(6-12-20)14-23-24-19-9-7-18(8-10-19)22(25)26/h3-14,24H,1-2H3,(H,25,26). The molecular weight excluding hydrogens is 340 g/mol. The van der Waals surface area contributed by atoms with E-state index in [1.54, 1.807) is 18.3 Å². The second-order valence-corrected chi connectivity index (χ2v) is 6.19. The van der Waals surface area contributed by atoms with E-state index in [9.17, 15) is 4.79 Å². The molecule has 3 aromatic carbocycles. The molecule has 3 rings (SSSR count). The number of nitrogens with zero attached hydrogens (tertiary/aromatic N) is 1. The van der Waals surface area contributed by atoms with Crippen LogP contribution in [0.5, 0.6) is 11.5 Å². The summed E-state index contributed by atoms with van der Waals surface area (Å²) in [6.07, 6.45) is 1.69. The maximum atomic E-state index is 10.8. The van der Waals surface area contributed by atoms with Gasteiger partial charge >= 0.3 is 5.97 Å². The topological polar surface area (TPSA) is 70.9 Å². The molecule has 0 unspecified atom stereocenters. The quantitative estimate of drug-likeness (QED) is 0.466. The lowest BCUT2D eigenvalue weighted by atomic mass is 10.1. The summed E-state index contributed by atoms with van der Waals surface area (Å²) in [5.74, 6) is 0.661. The number of benzene rings is 3. The molecule has 0 fully saturated rings. The highest BCUT2D eigenvalue weighted by Crippen LogP contribution is 2.26. The summed E-state index contributed by atoms with van der Waals surface area (Å²) >= 11 is 0. The number of carbonyl (C=O) groups is 1. The first-order valence-electron chi connectivity index (χ1n) is 8.49. The number of anilines is 1. The van der Waals surface area contributed by atoms with Crippen LogP contribution < -0.4 is 10.2 Å². The molecule has 0 saturated carbocycles. The maximum absolute atomic E-state index is 10.8. The van der Waals surface area contributed by atoms with E-state index < -0.39 is 5.97 Å². The normalized spacial score (nSPS) is 10.7. The van der Waals surface area contributed by atoms with Crippen molar-refractivity contribution < 1.29 is 14.6 Å². The van der Waals surface area contributed by atoms with Crippen LogP contribution in [0.25, 0.3) is 0 Å². The van der Waals surface area contributed by atoms with Gasteiger partial charge in [-0.25, -0.2) is 4.79 Å². The Balaban J connectivity index is 1.60. The molecule has 0 radical (unpaired) electrons. The highest BCUT2D eigenvalue weighted by atomic mass is 16.5. The molecule has 0 aromatic heterocycles. The van der Waals surface area contributed by atoms with Crippen LogP contribution in [0.3, 0.4) is 0 Å². The Morgan fingerprint density at radius 1 is 1.00 bits per heavy atom. The molecule has 5 nitrogen and oxygen atoms in total. The number of hydrazone groups is 1. The second kappa shape index (κ2) is 8.19. The molecule has 136 valence electrons. The third kappa shape index (κ3) is 4.95. The van der Waals surface area contributed by atoms with E-state index in [1.807, 2.05) is 50.2 Å². The molecule has 0 saturated heterocycles. The van der Waals surface area contributed by atoms with Crippen LogP contribution in [0, 0.1) is 13.8 Å². The van der Waals surface area contributed by atoms with Gasteiger partial charge in [-0.15, -0.1) is 0 Å². The number of hydrogen-bond acceptors (Lipinski definition) is 4. The van der Waals surface area contributed by atoms with E-state index in [2.05, 4.69) is 16.6 Å². The number of carboxylic acid groups (broad SMARTS) is 1. The lowest BCUT2D eigenvalue weighted by Crippen LogP contribution is -1.96. The van der Waals surface area contributed by atoms with E-state index in [0.717, 1.165) is 28.2 Å². The van der Waals surface area contributed by atoms with Gasteiger partial charge < -0.3 is 9.84 Å². The van der Waals surface area contributed by atoms with Gasteiger partial charge in [0.1, 0.15) is 11.5 Å². The third-order valence-electron chi connectivity index (χ3n) is 3.99. The molecule has 2 N–H and O–H groups in total. The summed E-state index contributed by atoms with van der Waals surface area (Å²) in [6, 6.07) is 20.1. The molecule has 0 bridgehead atoms. The Bertz CT molecular complexity index is 962. The minimum atomic E-state index is -0.951. The average molecular weight is 360 g/mol. The first kappa shape index (κ1) is 18.2. The third-order valence-corrected chi connectivity index (χ3v) is 3.99. The van der Waals surface area contributed by atoms with Crippen LogP contribution in [0.2, 0.25) is 0 Å². The fourth-order valence-corrected chi connectivity index (χ4v) is 2.43. The van der Waals surface area contributed by atoms with Crippen molar-refractivity contribution in [2.75, 3.05) is 5.43 Å². The predicted molar refractivity (Wildman–Crippen MR) is 107 cm³/mol. The van der Waals surface area contributed by atoms with Crippen LogP contribution in [0.1, 0.15) is 27.0 Å². The van der Waals surface area contributed by atoms with Crippen LogP contribution in [0.15, 0.2) is 71.8 Å². The van der Waals surface area contributed by atoms with E-state index in [0.29, 0.717) is 5.69 Å². The molecule has 3 aromatic rings. The number of carboxylic acids is 1.